The van der Waals surface area contributed by atoms with Crippen molar-refractivity contribution in [1.29, 1.82) is 0 Å². The Morgan fingerprint density at radius 3 is 1.46 bits per heavy atom. The Morgan fingerprint density at radius 1 is 0.423 bits per heavy atom. The lowest BCUT2D eigenvalue weighted by atomic mass is 9.56. The van der Waals surface area contributed by atoms with Crippen LogP contribution in [0.4, 0.5) is 34.1 Å². The van der Waals surface area contributed by atoms with Gasteiger partial charge in [0, 0.05) is 22.7 Å². The molecular weight excluding hydrogens is 652 g/mol. The minimum Gasteiger partial charge on any atom is -0.309 e. The van der Waals surface area contributed by atoms with E-state index in [4.69, 9.17) is 11.6 Å². The van der Waals surface area contributed by atoms with E-state index in [9.17, 15) is 0 Å². The molecule has 3 heteroatoms. The summed E-state index contributed by atoms with van der Waals surface area (Å²) in [6.07, 6.45) is 14.1. The molecule has 7 atom stereocenters. The highest BCUT2D eigenvalue weighted by molar-refractivity contribution is 6.36. The van der Waals surface area contributed by atoms with Gasteiger partial charge < -0.3 is 9.80 Å². The summed E-state index contributed by atoms with van der Waals surface area (Å²) in [6.45, 7) is 0. The van der Waals surface area contributed by atoms with Crippen molar-refractivity contribution in [3.8, 4) is 0 Å². The third-order valence-electron chi connectivity index (χ3n) is 15.6. The molecule has 13 rings (SSSR count). The molecule has 0 heterocycles. The number of halogens is 1. The first-order chi connectivity index (χ1) is 25.6. The van der Waals surface area contributed by atoms with Crippen LogP contribution in [0.25, 0.3) is 0 Å². The molecule has 5 aromatic rings. The highest BCUT2D eigenvalue weighted by Gasteiger charge is 2.65. The smallest absolute Gasteiger partial charge is 0.0887 e. The Labute approximate surface area is 313 Å². The van der Waals surface area contributed by atoms with Crippen LogP contribution in [0.3, 0.4) is 0 Å². The number of nitrogens with zero attached hydrogens (tertiary/aromatic N) is 2. The first kappa shape index (κ1) is 30.5. The average Bonchev–Trinajstić information content (AvgIpc) is 3.52. The van der Waals surface area contributed by atoms with Crippen LogP contribution in [0.1, 0.15) is 110 Å². The van der Waals surface area contributed by atoms with Crippen LogP contribution >= 0.6 is 11.6 Å². The van der Waals surface area contributed by atoms with Crippen LogP contribution < -0.4 is 9.80 Å². The van der Waals surface area contributed by atoms with Crippen molar-refractivity contribution in [3.05, 3.63) is 143 Å². The van der Waals surface area contributed by atoms with Crippen LogP contribution in [0.5, 0.6) is 0 Å². The fraction of sp³-hybridized carbons (Fsp3) is 0.388. The lowest BCUT2D eigenvalue weighted by Crippen LogP contribution is -2.41. The van der Waals surface area contributed by atoms with E-state index >= 15 is 0 Å². The van der Waals surface area contributed by atoms with E-state index in [2.05, 4.69) is 125 Å². The molecule has 7 bridgehead atoms. The third kappa shape index (κ3) is 4.37. The van der Waals surface area contributed by atoms with Crippen molar-refractivity contribution in [2.45, 2.75) is 87.9 Å². The highest BCUT2D eigenvalue weighted by Crippen LogP contribution is 2.76. The molecule has 0 aliphatic heterocycles. The summed E-state index contributed by atoms with van der Waals surface area (Å²) in [6, 6.07) is 43.3. The van der Waals surface area contributed by atoms with Crippen LogP contribution in [0, 0.1) is 29.1 Å². The maximum atomic E-state index is 7.81. The van der Waals surface area contributed by atoms with Gasteiger partial charge in [-0.05, 0) is 200 Å². The average molecular weight is 699 g/mol. The lowest BCUT2D eigenvalue weighted by Gasteiger charge is -2.48. The van der Waals surface area contributed by atoms with Gasteiger partial charge in [0.15, 0.2) is 0 Å². The second-order valence-corrected chi connectivity index (χ2v) is 18.4. The quantitative estimate of drug-likeness (QED) is 0.174. The molecule has 0 N–H and O–H groups in total. The second-order valence-electron chi connectivity index (χ2n) is 18.0. The van der Waals surface area contributed by atoms with Gasteiger partial charge in [0.25, 0.3) is 0 Å². The van der Waals surface area contributed by atoms with Crippen molar-refractivity contribution in [2.75, 3.05) is 9.80 Å². The summed E-state index contributed by atoms with van der Waals surface area (Å²) >= 11 is 7.81. The Hall–Kier alpha value is -4.01. The topological polar surface area (TPSA) is 6.48 Å². The largest absolute Gasteiger partial charge is 0.309 e. The van der Waals surface area contributed by atoms with Gasteiger partial charge in [0.05, 0.1) is 16.4 Å². The zero-order chi connectivity index (χ0) is 34.1. The van der Waals surface area contributed by atoms with Gasteiger partial charge >= 0.3 is 0 Å². The van der Waals surface area contributed by atoms with Crippen LogP contribution in [-0.4, -0.2) is 0 Å². The number of hydrogen-bond acceptors (Lipinski definition) is 2. The predicted molar refractivity (Wildman–Crippen MR) is 214 cm³/mol. The van der Waals surface area contributed by atoms with E-state index < -0.39 is 0 Å². The van der Waals surface area contributed by atoms with E-state index in [0.29, 0.717) is 17.3 Å². The number of fused-ring (bicyclic) bond motifs is 5. The number of hydrogen-bond donors (Lipinski definition) is 0. The third-order valence-corrected chi connectivity index (χ3v) is 16.0. The number of rotatable bonds is 6. The van der Waals surface area contributed by atoms with E-state index in [0.717, 1.165) is 63.3 Å². The fourth-order valence-electron chi connectivity index (χ4n) is 13.7. The monoisotopic (exact) mass is 698 g/mol. The molecule has 0 amide bonds. The molecule has 52 heavy (non-hydrogen) atoms. The summed E-state index contributed by atoms with van der Waals surface area (Å²) < 4.78 is 0. The molecule has 0 radical (unpaired) electrons. The summed E-state index contributed by atoms with van der Waals surface area (Å²) in [7, 11) is 0. The molecule has 8 aliphatic rings. The summed E-state index contributed by atoms with van der Waals surface area (Å²) in [5.41, 5.74) is 13.9. The summed E-state index contributed by atoms with van der Waals surface area (Å²) in [5.74, 6) is 6.61. The Balaban J connectivity index is 0.996. The number of benzene rings is 5. The van der Waals surface area contributed by atoms with E-state index in [1.807, 2.05) is 0 Å². The zero-order valence-electron chi connectivity index (χ0n) is 29.9. The van der Waals surface area contributed by atoms with Crippen LogP contribution in [0.2, 0.25) is 5.02 Å². The Bertz CT molecular complexity index is 2200. The van der Waals surface area contributed by atoms with E-state index in [-0.39, 0.29) is 0 Å². The SMILES string of the molecule is Clc1c(N(c2ccccc2)c2ccc3c(c2)C2CC4CC(CC3C4)C2)cccc1N(c1ccccc1)c1ccc2c(c1)C1CC3CC4CC2CC43C1. The molecular formula is C49H47ClN2. The molecule has 2 nitrogen and oxygen atoms in total. The second kappa shape index (κ2) is 11.3. The van der Waals surface area contributed by atoms with Gasteiger partial charge in [0.2, 0.25) is 0 Å². The van der Waals surface area contributed by atoms with Crippen molar-refractivity contribution >= 4 is 45.7 Å². The van der Waals surface area contributed by atoms with Gasteiger partial charge in [-0.2, -0.15) is 0 Å². The van der Waals surface area contributed by atoms with Gasteiger partial charge in [-0.15, -0.1) is 0 Å². The van der Waals surface area contributed by atoms with Gasteiger partial charge in [-0.25, -0.2) is 0 Å². The molecule has 0 aromatic heterocycles. The lowest BCUT2D eigenvalue weighted by molar-refractivity contribution is 0.00322. The van der Waals surface area contributed by atoms with Crippen LogP contribution in [0.15, 0.2) is 115 Å². The molecule has 260 valence electrons. The van der Waals surface area contributed by atoms with Gasteiger partial charge in [-0.3, -0.25) is 0 Å². The first-order valence-electron chi connectivity index (χ1n) is 20.4. The maximum Gasteiger partial charge on any atom is 0.0887 e. The van der Waals surface area contributed by atoms with E-state index in [1.54, 1.807) is 22.3 Å². The van der Waals surface area contributed by atoms with Crippen molar-refractivity contribution in [2.24, 2.45) is 29.1 Å². The first-order valence-corrected chi connectivity index (χ1v) is 20.7. The minimum atomic E-state index is 0.654. The number of para-hydroxylation sites is 2. The Kier molecular flexibility index (Phi) is 6.59. The fourth-order valence-corrected chi connectivity index (χ4v) is 14.0. The molecule has 5 fully saturated rings. The molecule has 1 spiro atoms. The zero-order valence-corrected chi connectivity index (χ0v) is 30.7. The predicted octanol–water partition coefficient (Wildman–Crippen LogP) is 14.1. The molecule has 0 saturated heterocycles. The van der Waals surface area contributed by atoms with Crippen molar-refractivity contribution < 1.29 is 0 Å². The molecule has 5 aromatic carbocycles. The standard InChI is InChI=1S/C49H47ClN2/c50-48-46(51(38-8-3-1-4-9-38)40-14-16-42-32-19-30-18-31(20-32)22-33(21-30)44(42)26-40)12-7-13-47(48)52(39-10-5-2-6-11-39)41-15-17-43-34-23-36-25-37-24-35(45(43)27-41)29-49(36,37)28-34/h1-17,26-27,30-37H,18-25,28-29H2. The summed E-state index contributed by atoms with van der Waals surface area (Å²) in [4.78, 5) is 4.85. The molecule has 5 saturated carbocycles. The maximum absolute atomic E-state index is 7.81. The number of anilines is 6. The Morgan fingerprint density at radius 2 is 0.904 bits per heavy atom. The molecule has 7 unspecified atom stereocenters. The summed E-state index contributed by atoms with van der Waals surface area (Å²) in [5, 5.41) is 0.778. The normalized spacial score (nSPS) is 32.4. The van der Waals surface area contributed by atoms with Gasteiger partial charge in [-0.1, -0.05) is 66.2 Å². The highest BCUT2D eigenvalue weighted by atomic mass is 35.5. The molecule has 8 aliphatic carbocycles. The van der Waals surface area contributed by atoms with Gasteiger partial charge in [0.1, 0.15) is 0 Å². The van der Waals surface area contributed by atoms with Crippen molar-refractivity contribution in [3.63, 3.8) is 0 Å². The minimum absolute atomic E-state index is 0.654. The van der Waals surface area contributed by atoms with Crippen LogP contribution in [-0.2, 0) is 0 Å². The van der Waals surface area contributed by atoms with Crippen molar-refractivity contribution in [1.82, 2.24) is 0 Å². The van der Waals surface area contributed by atoms with E-state index in [1.165, 1.54) is 75.6 Å².